The molecule has 1 aliphatic rings. The Morgan fingerprint density at radius 1 is 1.10 bits per heavy atom. The number of carbonyl (C=O) groups excluding carboxylic acids is 1. The van der Waals surface area contributed by atoms with Crippen LogP contribution in [0.2, 0.25) is 0 Å². The van der Waals surface area contributed by atoms with Crippen LogP contribution in [0.3, 0.4) is 0 Å². The van der Waals surface area contributed by atoms with E-state index in [1.54, 1.807) is 19.0 Å². The van der Waals surface area contributed by atoms with Crippen molar-refractivity contribution in [2.24, 2.45) is 4.99 Å². The van der Waals surface area contributed by atoms with E-state index >= 15 is 0 Å². The first-order valence-electron chi connectivity index (χ1n) is 9.96. The number of benzene rings is 1. The predicted molar refractivity (Wildman–Crippen MR) is 129 cm³/mol. The summed E-state index contributed by atoms with van der Waals surface area (Å²) in [7, 11) is 7.78. The van der Waals surface area contributed by atoms with Gasteiger partial charge in [-0.25, -0.2) is 4.99 Å². The smallest absolute Gasteiger partial charge is 0.253 e. The number of amides is 1. The maximum Gasteiger partial charge on any atom is 0.253 e. The van der Waals surface area contributed by atoms with Crippen LogP contribution in [0.1, 0.15) is 35.7 Å². The molecule has 1 heterocycles. The van der Waals surface area contributed by atoms with Gasteiger partial charge in [-0.3, -0.25) is 4.79 Å². The number of guanidine groups is 1. The zero-order valence-corrected chi connectivity index (χ0v) is 20.7. The van der Waals surface area contributed by atoms with E-state index < -0.39 is 0 Å². The Hall–Kier alpha value is -1.39. The number of carbonyl (C=O) groups is 1. The van der Waals surface area contributed by atoms with E-state index in [0.29, 0.717) is 12.1 Å². The maximum absolute atomic E-state index is 12.0. The Bertz CT molecular complexity index is 656. The van der Waals surface area contributed by atoms with Gasteiger partial charge in [0, 0.05) is 51.5 Å². The SMILES string of the molecule is CCNC(=NCc1ccc(C(=O)N(C)C)cc1)NCC1(N(C)C)CCOCC1.I. The van der Waals surface area contributed by atoms with Crippen molar-refractivity contribution in [2.75, 3.05) is 54.5 Å². The predicted octanol–water partition coefficient (Wildman–Crippen LogP) is 2.17. The standard InChI is InChI=1S/C21H35N5O2.HI/c1-6-22-20(24-16-21(26(4)5)11-13-28-14-12-21)23-15-17-7-9-18(10-8-17)19(27)25(2)3;/h7-10H,6,11-16H2,1-5H3,(H2,22,23,24);1H. The molecule has 0 saturated carbocycles. The molecular weight excluding hydrogens is 481 g/mol. The van der Waals surface area contributed by atoms with Crippen molar-refractivity contribution in [3.8, 4) is 0 Å². The first-order chi connectivity index (χ1) is 13.4. The minimum absolute atomic E-state index is 0. The first-order valence-corrected chi connectivity index (χ1v) is 9.96. The molecule has 8 heteroatoms. The van der Waals surface area contributed by atoms with Crippen molar-refractivity contribution in [2.45, 2.75) is 31.8 Å². The normalized spacial score (nSPS) is 16.1. The summed E-state index contributed by atoms with van der Waals surface area (Å²) in [6, 6.07) is 7.64. The average molecular weight is 517 g/mol. The van der Waals surface area contributed by atoms with Crippen molar-refractivity contribution in [3.05, 3.63) is 35.4 Å². The molecule has 0 aliphatic carbocycles. The van der Waals surface area contributed by atoms with Gasteiger partial charge in [0.2, 0.25) is 0 Å². The Kier molecular flexibility index (Phi) is 10.9. The third kappa shape index (κ3) is 7.42. The van der Waals surface area contributed by atoms with Crippen molar-refractivity contribution < 1.29 is 9.53 Å². The monoisotopic (exact) mass is 517 g/mol. The minimum atomic E-state index is 0. The van der Waals surface area contributed by atoms with Gasteiger partial charge in [-0.05, 0) is 51.6 Å². The van der Waals surface area contributed by atoms with E-state index in [1.165, 1.54) is 0 Å². The number of ether oxygens (including phenoxy) is 1. The molecule has 0 unspecified atom stereocenters. The number of hydrogen-bond donors (Lipinski definition) is 2. The zero-order valence-electron chi connectivity index (χ0n) is 18.3. The Balaban J connectivity index is 0.00000420. The molecule has 0 spiro atoms. The van der Waals surface area contributed by atoms with Crippen LogP contribution < -0.4 is 10.6 Å². The van der Waals surface area contributed by atoms with Gasteiger partial charge in [0.05, 0.1) is 6.54 Å². The van der Waals surface area contributed by atoms with Gasteiger partial charge in [-0.1, -0.05) is 12.1 Å². The van der Waals surface area contributed by atoms with Crippen LogP contribution in [-0.2, 0) is 11.3 Å². The minimum Gasteiger partial charge on any atom is -0.381 e. The second-order valence-electron chi connectivity index (χ2n) is 7.68. The summed E-state index contributed by atoms with van der Waals surface area (Å²) in [6.45, 7) is 5.85. The lowest BCUT2D eigenvalue weighted by atomic mass is 9.88. The van der Waals surface area contributed by atoms with Crippen LogP contribution in [0.5, 0.6) is 0 Å². The summed E-state index contributed by atoms with van der Waals surface area (Å²) >= 11 is 0. The maximum atomic E-state index is 12.0. The van der Waals surface area contributed by atoms with Gasteiger partial charge in [0.1, 0.15) is 0 Å². The molecule has 0 bridgehead atoms. The van der Waals surface area contributed by atoms with Gasteiger partial charge in [-0.15, -0.1) is 24.0 Å². The van der Waals surface area contributed by atoms with Crippen molar-refractivity contribution in [1.29, 1.82) is 0 Å². The number of hydrogen-bond acceptors (Lipinski definition) is 4. The first kappa shape index (κ1) is 25.6. The fourth-order valence-corrected chi connectivity index (χ4v) is 3.30. The van der Waals surface area contributed by atoms with Crippen LogP contribution >= 0.6 is 24.0 Å². The number of rotatable bonds is 7. The molecule has 1 amide bonds. The molecule has 0 atom stereocenters. The summed E-state index contributed by atoms with van der Waals surface area (Å²) in [5.41, 5.74) is 1.85. The number of nitrogens with zero attached hydrogens (tertiary/aromatic N) is 3. The highest BCUT2D eigenvalue weighted by Gasteiger charge is 2.34. The Labute approximate surface area is 192 Å². The van der Waals surface area contributed by atoms with Crippen LogP contribution in [0, 0.1) is 0 Å². The van der Waals surface area contributed by atoms with E-state index in [-0.39, 0.29) is 35.4 Å². The summed E-state index contributed by atoms with van der Waals surface area (Å²) in [5, 5.41) is 6.83. The van der Waals surface area contributed by atoms with Crippen LogP contribution in [0.4, 0.5) is 0 Å². The van der Waals surface area contributed by atoms with Gasteiger partial charge in [-0.2, -0.15) is 0 Å². The molecule has 1 aromatic carbocycles. The quantitative estimate of drug-likeness (QED) is 0.330. The lowest BCUT2D eigenvalue weighted by Crippen LogP contribution is -2.57. The Morgan fingerprint density at radius 2 is 1.72 bits per heavy atom. The Morgan fingerprint density at radius 3 is 2.24 bits per heavy atom. The lowest BCUT2D eigenvalue weighted by Gasteiger charge is -2.43. The summed E-state index contributed by atoms with van der Waals surface area (Å²) in [6.07, 6.45) is 2.02. The number of likely N-dealkylation sites (N-methyl/N-ethyl adjacent to an activating group) is 1. The van der Waals surface area contributed by atoms with Gasteiger partial charge < -0.3 is 25.2 Å². The lowest BCUT2D eigenvalue weighted by molar-refractivity contribution is -0.00501. The average Bonchev–Trinajstić information content (AvgIpc) is 2.70. The van der Waals surface area contributed by atoms with E-state index in [9.17, 15) is 4.79 Å². The molecule has 164 valence electrons. The number of nitrogens with one attached hydrogen (secondary N) is 2. The summed E-state index contributed by atoms with van der Waals surface area (Å²) in [5.74, 6) is 0.819. The molecule has 1 fully saturated rings. The highest BCUT2D eigenvalue weighted by atomic mass is 127. The van der Waals surface area contributed by atoms with Crippen LogP contribution in [0.25, 0.3) is 0 Å². The zero-order chi connectivity index (χ0) is 20.6. The van der Waals surface area contributed by atoms with Gasteiger partial charge in [0.15, 0.2) is 5.96 Å². The molecule has 29 heavy (non-hydrogen) atoms. The molecule has 0 radical (unpaired) electrons. The van der Waals surface area contributed by atoms with E-state index in [0.717, 1.165) is 50.7 Å². The van der Waals surface area contributed by atoms with E-state index in [4.69, 9.17) is 9.73 Å². The van der Waals surface area contributed by atoms with Gasteiger partial charge in [0.25, 0.3) is 5.91 Å². The summed E-state index contributed by atoms with van der Waals surface area (Å²) in [4.78, 5) is 20.6. The fraction of sp³-hybridized carbons (Fsp3) is 0.619. The molecule has 7 nitrogen and oxygen atoms in total. The third-order valence-electron chi connectivity index (χ3n) is 5.33. The summed E-state index contributed by atoms with van der Waals surface area (Å²) < 4.78 is 5.55. The highest BCUT2D eigenvalue weighted by Crippen LogP contribution is 2.25. The van der Waals surface area contributed by atoms with Crippen LogP contribution in [0.15, 0.2) is 29.3 Å². The second kappa shape index (κ2) is 12.3. The van der Waals surface area contributed by atoms with E-state index in [1.807, 2.05) is 24.3 Å². The van der Waals surface area contributed by atoms with Gasteiger partial charge >= 0.3 is 0 Å². The number of halogens is 1. The molecule has 1 aliphatic heterocycles. The topological polar surface area (TPSA) is 69.2 Å². The van der Waals surface area contributed by atoms with Crippen molar-refractivity contribution in [3.63, 3.8) is 0 Å². The number of aliphatic imine (C=N–C) groups is 1. The van der Waals surface area contributed by atoms with Crippen molar-refractivity contribution >= 4 is 35.8 Å². The third-order valence-corrected chi connectivity index (χ3v) is 5.33. The molecular formula is C21H36IN5O2. The molecule has 1 aromatic rings. The molecule has 2 N–H and O–H groups in total. The second-order valence-corrected chi connectivity index (χ2v) is 7.68. The highest BCUT2D eigenvalue weighted by molar-refractivity contribution is 14.0. The van der Waals surface area contributed by atoms with Crippen LogP contribution in [-0.4, -0.2) is 81.7 Å². The molecule has 1 saturated heterocycles. The largest absolute Gasteiger partial charge is 0.381 e. The van der Waals surface area contributed by atoms with Crippen molar-refractivity contribution in [1.82, 2.24) is 20.4 Å². The van der Waals surface area contributed by atoms with E-state index in [2.05, 4.69) is 36.6 Å². The molecule has 0 aromatic heterocycles. The molecule has 2 rings (SSSR count). The fourth-order valence-electron chi connectivity index (χ4n) is 3.30.